The second kappa shape index (κ2) is 6.18. The van der Waals surface area contributed by atoms with Gasteiger partial charge in [0.15, 0.2) is 5.43 Å². The number of carboxylic acids is 1. The Morgan fingerprint density at radius 1 is 1.00 bits per heavy atom. The summed E-state index contributed by atoms with van der Waals surface area (Å²) in [7, 11) is 0. The predicted octanol–water partition coefficient (Wildman–Crippen LogP) is 3.22. The zero-order valence-corrected chi connectivity index (χ0v) is 12.9. The number of anilines is 1. The van der Waals surface area contributed by atoms with Crippen LogP contribution in [-0.2, 0) is 9.59 Å². The predicted molar refractivity (Wildman–Crippen MR) is 91.1 cm³/mol. The average molecular weight is 327 g/mol. The number of benzene rings is 2. The van der Waals surface area contributed by atoms with Crippen molar-refractivity contribution in [1.29, 1.82) is 0 Å². The van der Waals surface area contributed by atoms with Crippen molar-refractivity contribution < 1.29 is 14.7 Å². The number of rotatable bonds is 4. The first kappa shape index (κ1) is 15.2. The first-order valence-electron chi connectivity index (χ1n) is 7.02. The molecule has 1 amide bonds. The van der Waals surface area contributed by atoms with Crippen molar-refractivity contribution in [1.82, 2.24) is 0 Å². The largest absolute Gasteiger partial charge is 0.481 e. The number of nitrogens with one attached hydrogen (secondary N) is 1. The van der Waals surface area contributed by atoms with Gasteiger partial charge in [0.2, 0.25) is 5.91 Å². The Balaban J connectivity index is 1.97. The highest BCUT2D eigenvalue weighted by atomic mass is 32.1. The summed E-state index contributed by atoms with van der Waals surface area (Å²) in [4.78, 5) is 34.7. The van der Waals surface area contributed by atoms with Crippen molar-refractivity contribution in [3.05, 3.63) is 52.7 Å². The monoisotopic (exact) mass is 327 g/mol. The van der Waals surface area contributed by atoms with Gasteiger partial charge in [-0.3, -0.25) is 14.4 Å². The number of amides is 1. The molecule has 23 heavy (non-hydrogen) atoms. The Morgan fingerprint density at radius 3 is 2.52 bits per heavy atom. The van der Waals surface area contributed by atoms with E-state index < -0.39 is 5.97 Å². The molecule has 0 aliphatic heterocycles. The molecule has 0 spiro atoms. The van der Waals surface area contributed by atoms with Crippen molar-refractivity contribution in [3.8, 4) is 0 Å². The van der Waals surface area contributed by atoms with Crippen molar-refractivity contribution in [3.63, 3.8) is 0 Å². The van der Waals surface area contributed by atoms with Crippen LogP contribution < -0.4 is 10.7 Å². The van der Waals surface area contributed by atoms with E-state index in [1.54, 1.807) is 24.3 Å². The summed E-state index contributed by atoms with van der Waals surface area (Å²) in [5, 5.41) is 12.4. The van der Waals surface area contributed by atoms with Gasteiger partial charge in [0.25, 0.3) is 0 Å². The summed E-state index contributed by atoms with van der Waals surface area (Å²) in [6.07, 6.45) is -0.323. The highest BCUT2D eigenvalue weighted by Gasteiger charge is 2.09. The Labute approximate surface area is 135 Å². The normalized spacial score (nSPS) is 10.8. The van der Waals surface area contributed by atoms with E-state index in [-0.39, 0.29) is 24.2 Å². The summed E-state index contributed by atoms with van der Waals surface area (Å²) >= 11 is 1.52. The van der Waals surface area contributed by atoms with Gasteiger partial charge >= 0.3 is 5.97 Å². The molecule has 6 heteroatoms. The number of aliphatic carboxylic acids is 1. The van der Waals surface area contributed by atoms with Gasteiger partial charge in [-0.25, -0.2) is 0 Å². The van der Waals surface area contributed by atoms with Gasteiger partial charge in [-0.1, -0.05) is 12.1 Å². The number of fused-ring (bicyclic) bond motifs is 2. The summed E-state index contributed by atoms with van der Waals surface area (Å²) < 4.78 is 1.76. The molecule has 5 nitrogen and oxygen atoms in total. The maximum atomic E-state index is 12.6. The second-order valence-electron chi connectivity index (χ2n) is 5.08. The fraction of sp³-hybridized carbons (Fsp3) is 0.118. The third kappa shape index (κ3) is 3.22. The molecule has 2 aromatic carbocycles. The molecule has 0 bridgehead atoms. The lowest BCUT2D eigenvalue weighted by molar-refractivity contribution is -0.138. The highest BCUT2D eigenvalue weighted by molar-refractivity contribution is 7.24. The van der Waals surface area contributed by atoms with E-state index in [1.165, 1.54) is 11.3 Å². The van der Waals surface area contributed by atoms with Gasteiger partial charge in [0, 0.05) is 32.3 Å². The zero-order chi connectivity index (χ0) is 16.4. The number of carbonyl (C=O) groups is 2. The maximum Gasteiger partial charge on any atom is 0.303 e. The molecule has 2 N–H and O–H groups in total. The Kier molecular flexibility index (Phi) is 4.08. The van der Waals surface area contributed by atoms with Crippen molar-refractivity contribution >= 4 is 49.1 Å². The van der Waals surface area contributed by atoms with Crippen LogP contribution in [0.4, 0.5) is 5.69 Å². The van der Waals surface area contributed by atoms with Crippen LogP contribution in [0.15, 0.2) is 47.3 Å². The molecule has 1 aromatic heterocycles. The number of hydrogen-bond donors (Lipinski definition) is 2. The van der Waals surface area contributed by atoms with E-state index in [0.717, 1.165) is 9.40 Å². The van der Waals surface area contributed by atoms with Crippen LogP contribution in [0, 0.1) is 0 Å². The van der Waals surface area contributed by atoms with Crippen LogP contribution in [0.1, 0.15) is 12.8 Å². The van der Waals surface area contributed by atoms with E-state index in [0.29, 0.717) is 16.5 Å². The lowest BCUT2D eigenvalue weighted by atomic mass is 10.1. The van der Waals surface area contributed by atoms with Crippen LogP contribution in [0.3, 0.4) is 0 Å². The van der Waals surface area contributed by atoms with Gasteiger partial charge in [-0.05, 0) is 30.3 Å². The molecule has 3 aromatic rings. The van der Waals surface area contributed by atoms with E-state index >= 15 is 0 Å². The molecule has 1 heterocycles. The number of carbonyl (C=O) groups excluding carboxylic acids is 1. The molecule has 0 unspecified atom stereocenters. The molecule has 0 radical (unpaired) electrons. The molecule has 0 aliphatic rings. The van der Waals surface area contributed by atoms with Gasteiger partial charge in [0.05, 0.1) is 6.42 Å². The van der Waals surface area contributed by atoms with Crippen molar-refractivity contribution in [2.24, 2.45) is 0 Å². The van der Waals surface area contributed by atoms with Gasteiger partial charge in [-0.2, -0.15) is 0 Å². The third-order valence-electron chi connectivity index (χ3n) is 3.43. The minimum Gasteiger partial charge on any atom is -0.481 e. The first-order chi connectivity index (χ1) is 11.0. The third-order valence-corrected chi connectivity index (χ3v) is 4.58. The average Bonchev–Trinajstić information content (AvgIpc) is 2.54. The van der Waals surface area contributed by atoms with Gasteiger partial charge in [-0.15, -0.1) is 11.3 Å². The first-order valence-corrected chi connectivity index (χ1v) is 7.83. The molecule has 0 fully saturated rings. The number of hydrogen-bond acceptors (Lipinski definition) is 4. The minimum atomic E-state index is -1.02. The molecule has 3 rings (SSSR count). The molecule has 0 atom stereocenters. The molecular formula is C17H13NO4S. The molecule has 116 valence electrons. The molecule has 0 saturated heterocycles. The number of carboxylic acid groups (broad SMARTS) is 1. The zero-order valence-electron chi connectivity index (χ0n) is 12.0. The van der Waals surface area contributed by atoms with Crippen LogP contribution in [0.5, 0.6) is 0 Å². The Morgan fingerprint density at radius 2 is 1.74 bits per heavy atom. The Bertz CT molecular complexity index is 977. The van der Waals surface area contributed by atoms with Gasteiger partial charge in [0.1, 0.15) is 0 Å². The van der Waals surface area contributed by atoms with E-state index in [4.69, 9.17) is 5.11 Å². The van der Waals surface area contributed by atoms with Crippen molar-refractivity contribution in [2.75, 3.05) is 5.32 Å². The smallest absolute Gasteiger partial charge is 0.303 e. The SMILES string of the molecule is O=C(O)CCC(=O)Nc1ccc2sc3ccccc3c(=O)c2c1. The molecule has 0 saturated carbocycles. The quantitative estimate of drug-likeness (QED) is 0.721. The highest BCUT2D eigenvalue weighted by Crippen LogP contribution is 2.26. The maximum absolute atomic E-state index is 12.6. The van der Waals surface area contributed by atoms with Crippen LogP contribution in [0.25, 0.3) is 20.2 Å². The van der Waals surface area contributed by atoms with E-state index in [2.05, 4.69) is 5.32 Å². The summed E-state index contributed by atoms with van der Waals surface area (Å²) in [5.41, 5.74) is 0.420. The fourth-order valence-electron chi connectivity index (χ4n) is 2.32. The molecule has 0 aliphatic carbocycles. The lowest BCUT2D eigenvalue weighted by Gasteiger charge is -2.06. The standard InChI is InChI=1S/C17H13NO4S/c19-15(7-8-16(20)21)18-10-5-6-14-12(9-10)17(22)11-3-1-2-4-13(11)23-14/h1-6,9H,7-8H2,(H,18,19)(H,20,21). The topological polar surface area (TPSA) is 83.5 Å². The minimum absolute atomic E-state index is 0.0732. The van der Waals surface area contributed by atoms with Crippen molar-refractivity contribution in [2.45, 2.75) is 12.8 Å². The molecular weight excluding hydrogens is 314 g/mol. The van der Waals surface area contributed by atoms with Gasteiger partial charge < -0.3 is 10.4 Å². The van der Waals surface area contributed by atoms with E-state index in [9.17, 15) is 14.4 Å². The van der Waals surface area contributed by atoms with Crippen LogP contribution in [0.2, 0.25) is 0 Å². The fourth-order valence-corrected chi connectivity index (χ4v) is 3.38. The van der Waals surface area contributed by atoms with Crippen LogP contribution >= 0.6 is 11.3 Å². The second-order valence-corrected chi connectivity index (χ2v) is 6.16. The van der Waals surface area contributed by atoms with Crippen LogP contribution in [-0.4, -0.2) is 17.0 Å². The Hall–Kier alpha value is -2.73. The summed E-state index contributed by atoms with van der Waals surface area (Å²) in [6.45, 7) is 0. The lowest BCUT2D eigenvalue weighted by Crippen LogP contribution is -2.13. The summed E-state index contributed by atoms with van der Waals surface area (Å²) in [5.74, 6) is -1.41. The summed E-state index contributed by atoms with van der Waals surface area (Å²) in [6, 6.07) is 12.5. The van der Waals surface area contributed by atoms with E-state index in [1.807, 2.05) is 18.2 Å².